The fraction of sp³-hybridized carbons (Fsp3) is 1.00. The maximum atomic E-state index is 5.27. The zero-order valence-corrected chi connectivity index (χ0v) is 6.09. The molecule has 0 radical (unpaired) electrons. The molecule has 1 fully saturated rings. The quantitative estimate of drug-likeness (QED) is 0.568. The topological polar surface area (TPSA) is 18.5 Å². The molecule has 0 amide bonds. The summed E-state index contributed by atoms with van der Waals surface area (Å²) in [7, 11) is 1.74. The van der Waals surface area contributed by atoms with Gasteiger partial charge in [-0.3, -0.25) is 0 Å². The Hall–Kier alpha value is -0.0800. The van der Waals surface area contributed by atoms with E-state index in [-0.39, 0.29) is 0 Å². The molecular weight excluding hydrogens is 116 g/mol. The van der Waals surface area contributed by atoms with Gasteiger partial charge in [-0.15, -0.1) is 0 Å². The lowest BCUT2D eigenvalue weighted by atomic mass is 9.97. The van der Waals surface area contributed by atoms with E-state index < -0.39 is 0 Å². The second-order valence-electron chi connectivity index (χ2n) is 2.50. The van der Waals surface area contributed by atoms with Gasteiger partial charge in [0.2, 0.25) is 0 Å². The smallest absolute Gasteiger partial charge is 0.0644 e. The molecule has 1 rings (SSSR count). The van der Waals surface area contributed by atoms with Crippen LogP contribution in [0, 0.1) is 5.92 Å². The van der Waals surface area contributed by atoms with Gasteiger partial charge in [-0.2, -0.15) is 0 Å². The molecule has 0 saturated carbocycles. The zero-order valence-electron chi connectivity index (χ0n) is 6.09. The van der Waals surface area contributed by atoms with Crippen LogP contribution in [-0.2, 0) is 9.47 Å². The molecule has 0 aliphatic carbocycles. The van der Waals surface area contributed by atoms with Crippen LogP contribution in [0.1, 0.15) is 13.3 Å². The Morgan fingerprint density at radius 2 is 2.44 bits per heavy atom. The number of hydrogen-bond donors (Lipinski definition) is 0. The predicted molar refractivity (Wildman–Crippen MR) is 35.4 cm³/mol. The maximum absolute atomic E-state index is 5.27. The molecule has 0 aromatic rings. The van der Waals surface area contributed by atoms with Crippen LogP contribution in [0.15, 0.2) is 0 Å². The molecule has 0 bridgehead atoms. The summed E-state index contributed by atoms with van der Waals surface area (Å²) in [6.45, 7) is 3.90. The largest absolute Gasteiger partial charge is 0.384 e. The summed E-state index contributed by atoms with van der Waals surface area (Å²) in [6.07, 6.45) is 1.60. The molecule has 0 N–H and O–H groups in total. The van der Waals surface area contributed by atoms with Crippen molar-refractivity contribution in [2.24, 2.45) is 5.92 Å². The van der Waals surface area contributed by atoms with E-state index in [2.05, 4.69) is 6.92 Å². The van der Waals surface area contributed by atoms with Crippen LogP contribution in [0.5, 0.6) is 0 Å². The van der Waals surface area contributed by atoms with Gasteiger partial charge < -0.3 is 9.47 Å². The minimum Gasteiger partial charge on any atom is -0.384 e. The van der Waals surface area contributed by atoms with E-state index in [0.717, 1.165) is 19.6 Å². The van der Waals surface area contributed by atoms with Gasteiger partial charge in [0, 0.05) is 13.0 Å². The van der Waals surface area contributed by atoms with Gasteiger partial charge >= 0.3 is 0 Å². The van der Waals surface area contributed by atoms with Gasteiger partial charge in [0.1, 0.15) is 0 Å². The molecule has 2 nitrogen and oxygen atoms in total. The Kier molecular flexibility index (Phi) is 2.49. The van der Waals surface area contributed by atoms with Crippen LogP contribution in [0.2, 0.25) is 0 Å². The third-order valence-corrected chi connectivity index (χ3v) is 1.83. The van der Waals surface area contributed by atoms with Gasteiger partial charge in [-0.05, 0) is 6.42 Å². The lowest BCUT2D eigenvalue weighted by Crippen LogP contribution is -2.41. The van der Waals surface area contributed by atoms with Crippen molar-refractivity contribution in [1.29, 1.82) is 0 Å². The molecular formula is C7H14O2. The SMILES string of the molecule is CCC1OCC1COC. The average Bonchev–Trinajstić information content (AvgIpc) is 1.82. The summed E-state index contributed by atoms with van der Waals surface area (Å²) >= 11 is 0. The van der Waals surface area contributed by atoms with Gasteiger partial charge in [-0.1, -0.05) is 6.92 Å². The molecule has 2 heteroatoms. The van der Waals surface area contributed by atoms with Crippen molar-refractivity contribution in [3.8, 4) is 0 Å². The van der Waals surface area contributed by atoms with Crippen LogP contribution in [0.25, 0.3) is 0 Å². The number of ether oxygens (including phenoxy) is 2. The van der Waals surface area contributed by atoms with E-state index in [0.29, 0.717) is 12.0 Å². The van der Waals surface area contributed by atoms with Crippen LogP contribution >= 0.6 is 0 Å². The maximum Gasteiger partial charge on any atom is 0.0644 e. The molecule has 1 aliphatic rings. The molecule has 1 aliphatic heterocycles. The fourth-order valence-corrected chi connectivity index (χ4v) is 1.19. The third kappa shape index (κ3) is 1.43. The van der Waals surface area contributed by atoms with Crippen LogP contribution in [0.4, 0.5) is 0 Å². The lowest BCUT2D eigenvalue weighted by molar-refractivity contribution is -0.136. The summed E-state index contributed by atoms with van der Waals surface area (Å²) in [6, 6.07) is 0. The molecule has 1 saturated heterocycles. The van der Waals surface area contributed by atoms with Gasteiger partial charge in [-0.25, -0.2) is 0 Å². The molecule has 2 atom stereocenters. The minimum atomic E-state index is 0.477. The Labute approximate surface area is 56.2 Å². The van der Waals surface area contributed by atoms with E-state index in [9.17, 15) is 0 Å². The van der Waals surface area contributed by atoms with Gasteiger partial charge in [0.15, 0.2) is 0 Å². The molecule has 0 aromatic heterocycles. The van der Waals surface area contributed by atoms with E-state index in [4.69, 9.17) is 9.47 Å². The first-order valence-electron chi connectivity index (χ1n) is 3.49. The van der Waals surface area contributed by atoms with Crippen LogP contribution < -0.4 is 0 Å². The average molecular weight is 130 g/mol. The minimum absolute atomic E-state index is 0.477. The lowest BCUT2D eigenvalue weighted by Gasteiger charge is -2.35. The summed E-state index contributed by atoms with van der Waals surface area (Å²) in [5.41, 5.74) is 0. The molecule has 2 unspecified atom stereocenters. The van der Waals surface area contributed by atoms with Crippen LogP contribution in [-0.4, -0.2) is 26.4 Å². The molecule has 9 heavy (non-hydrogen) atoms. The predicted octanol–water partition coefficient (Wildman–Crippen LogP) is 1.06. The van der Waals surface area contributed by atoms with E-state index in [1.165, 1.54) is 0 Å². The standard InChI is InChI=1S/C7H14O2/c1-3-7-6(4-8-2)5-9-7/h6-7H,3-5H2,1-2H3. The molecule has 1 heterocycles. The van der Waals surface area contributed by atoms with Crippen molar-refractivity contribution >= 4 is 0 Å². The molecule has 0 aromatic carbocycles. The highest BCUT2D eigenvalue weighted by Gasteiger charge is 2.29. The van der Waals surface area contributed by atoms with E-state index in [1.54, 1.807) is 7.11 Å². The van der Waals surface area contributed by atoms with Crippen molar-refractivity contribution in [3.63, 3.8) is 0 Å². The first-order chi connectivity index (χ1) is 4.38. The second-order valence-corrected chi connectivity index (χ2v) is 2.50. The molecule has 54 valence electrons. The van der Waals surface area contributed by atoms with Gasteiger partial charge in [0.05, 0.1) is 19.3 Å². The number of rotatable bonds is 3. The van der Waals surface area contributed by atoms with Crippen molar-refractivity contribution in [1.82, 2.24) is 0 Å². The Balaban J connectivity index is 2.11. The first-order valence-corrected chi connectivity index (χ1v) is 3.49. The normalized spacial score (nSPS) is 34.0. The van der Waals surface area contributed by atoms with Gasteiger partial charge in [0.25, 0.3) is 0 Å². The summed E-state index contributed by atoms with van der Waals surface area (Å²) in [4.78, 5) is 0. The number of hydrogen-bond acceptors (Lipinski definition) is 2. The first kappa shape index (κ1) is 7.03. The van der Waals surface area contributed by atoms with Crippen molar-refractivity contribution in [2.45, 2.75) is 19.4 Å². The highest BCUT2D eigenvalue weighted by Crippen LogP contribution is 2.22. The Morgan fingerprint density at radius 1 is 1.67 bits per heavy atom. The Morgan fingerprint density at radius 3 is 2.78 bits per heavy atom. The monoisotopic (exact) mass is 130 g/mol. The molecule has 0 spiro atoms. The van der Waals surface area contributed by atoms with Crippen LogP contribution in [0.3, 0.4) is 0 Å². The van der Waals surface area contributed by atoms with Crippen molar-refractivity contribution in [3.05, 3.63) is 0 Å². The summed E-state index contributed by atoms with van der Waals surface area (Å²) in [5, 5.41) is 0. The zero-order chi connectivity index (χ0) is 6.69. The van der Waals surface area contributed by atoms with E-state index in [1.807, 2.05) is 0 Å². The highest BCUT2D eigenvalue weighted by atomic mass is 16.5. The Bertz CT molecular complexity index is 81.0. The fourth-order valence-electron chi connectivity index (χ4n) is 1.19. The van der Waals surface area contributed by atoms with E-state index >= 15 is 0 Å². The van der Waals surface area contributed by atoms with Crippen molar-refractivity contribution < 1.29 is 9.47 Å². The number of methoxy groups -OCH3 is 1. The summed E-state index contributed by atoms with van der Waals surface area (Å²) in [5.74, 6) is 0.667. The van der Waals surface area contributed by atoms with Crippen molar-refractivity contribution in [2.75, 3.05) is 20.3 Å². The second kappa shape index (κ2) is 3.18. The summed E-state index contributed by atoms with van der Waals surface area (Å²) < 4.78 is 10.3. The third-order valence-electron chi connectivity index (χ3n) is 1.83. The highest BCUT2D eigenvalue weighted by molar-refractivity contribution is 4.76.